The summed E-state index contributed by atoms with van der Waals surface area (Å²) in [6.07, 6.45) is 7.37. The number of hydrogen-bond acceptors (Lipinski definition) is 6. The van der Waals surface area contributed by atoms with Crippen LogP contribution >= 0.6 is 11.3 Å². The molecule has 0 bridgehead atoms. The van der Waals surface area contributed by atoms with Crippen molar-refractivity contribution >= 4 is 28.7 Å². The molecule has 0 radical (unpaired) electrons. The van der Waals surface area contributed by atoms with Crippen LogP contribution in [0.2, 0.25) is 0 Å². The Labute approximate surface area is 184 Å². The normalized spacial score (nSPS) is 15.4. The number of rotatable bonds is 5. The molecule has 4 heterocycles. The number of aromatic nitrogens is 4. The first-order chi connectivity index (χ1) is 15.1. The Kier molecular flexibility index (Phi) is 5.48. The van der Waals surface area contributed by atoms with Crippen molar-refractivity contribution in [2.75, 3.05) is 18.4 Å². The zero-order valence-electron chi connectivity index (χ0n) is 17.4. The summed E-state index contributed by atoms with van der Waals surface area (Å²) in [4.78, 5) is 28.5. The van der Waals surface area contributed by atoms with Gasteiger partial charge < -0.3 is 5.32 Å². The summed E-state index contributed by atoms with van der Waals surface area (Å²) in [6, 6.07) is 9.71. The minimum Gasteiger partial charge on any atom is -0.326 e. The molecule has 0 unspecified atom stereocenters. The van der Waals surface area contributed by atoms with Crippen LogP contribution in [0.25, 0.3) is 17.0 Å². The minimum atomic E-state index is 0.0533. The fourth-order valence-electron chi connectivity index (χ4n) is 4.00. The summed E-state index contributed by atoms with van der Waals surface area (Å²) in [5.41, 5.74) is 3.80. The van der Waals surface area contributed by atoms with Crippen LogP contribution in [0.3, 0.4) is 0 Å². The van der Waals surface area contributed by atoms with Gasteiger partial charge in [0.25, 0.3) is 0 Å². The number of hydrogen-bond donors (Lipinski definition) is 1. The van der Waals surface area contributed by atoms with Crippen LogP contribution in [0.4, 0.5) is 5.69 Å². The number of carbonyl (C=O) groups is 1. The highest BCUT2D eigenvalue weighted by Gasteiger charge is 2.25. The number of carbonyl (C=O) groups excluding carboxylic acids is 1. The lowest BCUT2D eigenvalue weighted by Gasteiger charge is -2.30. The quantitative estimate of drug-likeness (QED) is 0.516. The molecule has 31 heavy (non-hydrogen) atoms. The number of nitrogens with zero attached hydrogens (tertiary/aromatic N) is 5. The van der Waals surface area contributed by atoms with Gasteiger partial charge in [-0.15, -0.1) is 11.3 Å². The van der Waals surface area contributed by atoms with E-state index in [2.05, 4.69) is 30.5 Å². The SMILES string of the molecule is Cc1nc(CN2CCC(C(=O)Nc3ccc(-c4cn5cccnc5n4)cc3)CC2)cs1. The van der Waals surface area contributed by atoms with Gasteiger partial charge in [-0.2, -0.15) is 0 Å². The summed E-state index contributed by atoms with van der Waals surface area (Å²) in [5.74, 6) is 0.831. The molecule has 7 nitrogen and oxygen atoms in total. The summed E-state index contributed by atoms with van der Waals surface area (Å²) < 4.78 is 1.90. The van der Waals surface area contributed by atoms with Gasteiger partial charge in [0.15, 0.2) is 0 Å². The second kappa shape index (κ2) is 8.56. The van der Waals surface area contributed by atoms with E-state index in [1.807, 2.05) is 54.0 Å². The molecule has 1 aliphatic heterocycles. The summed E-state index contributed by atoms with van der Waals surface area (Å²) in [5, 5.41) is 6.31. The van der Waals surface area contributed by atoms with Gasteiger partial charge in [-0.25, -0.2) is 15.0 Å². The Morgan fingerprint density at radius 1 is 1.19 bits per heavy atom. The Morgan fingerprint density at radius 3 is 2.71 bits per heavy atom. The number of amides is 1. The van der Waals surface area contributed by atoms with Gasteiger partial charge in [0.05, 0.1) is 16.4 Å². The summed E-state index contributed by atoms with van der Waals surface area (Å²) in [7, 11) is 0. The van der Waals surface area contributed by atoms with Crippen LogP contribution in [0, 0.1) is 12.8 Å². The van der Waals surface area contributed by atoms with E-state index < -0.39 is 0 Å². The molecule has 4 aromatic rings. The maximum Gasteiger partial charge on any atom is 0.234 e. The number of likely N-dealkylation sites (tertiary alicyclic amines) is 1. The van der Waals surface area contributed by atoms with Gasteiger partial charge in [0.2, 0.25) is 11.7 Å². The van der Waals surface area contributed by atoms with E-state index in [9.17, 15) is 4.79 Å². The zero-order chi connectivity index (χ0) is 21.2. The molecular weight excluding hydrogens is 408 g/mol. The highest BCUT2D eigenvalue weighted by molar-refractivity contribution is 7.09. The number of aryl methyl sites for hydroxylation is 1. The lowest BCUT2D eigenvalue weighted by molar-refractivity contribution is -0.121. The van der Waals surface area contributed by atoms with Crippen molar-refractivity contribution in [3.8, 4) is 11.3 Å². The molecule has 1 amide bonds. The third-order valence-electron chi connectivity index (χ3n) is 5.69. The van der Waals surface area contributed by atoms with E-state index >= 15 is 0 Å². The second-order valence-corrected chi connectivity index (χ2v) is 8.99. The molecule has 1 saturated heterocycles. The van der Waals surface area contributed by atoms with Gasteiger partial charge in [0.1, 0.15) is 0 Å². The number of anilines is 1. The molecule has 8 heteroatoms. The van der Waals surface area contributed by atoms with E-state index in [1.54, 1.807) is 17.5 Å². The van der Waals surface area contributed by atoms with Crippen molar-refractivity contribution < 1.29 is 4.79 Å². The van der Waals surface area contributed by atoms with Gasteiger partial charge in [0, 0.05) is 47.7 Å². The first kappa shape index (κ1) is 19.8. The van der Waals surface area contributed by atoms with Crippen molar-refractivity contribution in [3.63, 3.8) is 0 Å². The number of thiazole rings is 1. The van der Waals surface area contributed by atoms with E-state index in [-0.39, 0.29) is 11.8 Å². The van der Waals surface area contributed by atoms with Gasteiger partial charge >= 0.3 is 0 Å². The summed E-state index contributed by atoms with van der Waals surface area (Å²) >= 11 is 1.69. The topological polar surface area (TPSA) is 75.4 Å². The van der Waals surface area contributed by atoms with Crippen molar-refractivity contribution in [2.24, 2.45) is 5.92 Å². The Balaban J connectivity index is 1.16. The van der Waals surface area contributed by atoms with Crippen LogP contribution in [0.1, 0.15) is 23.5 Å². The monoisotopic (exact) mass is 432 g/mol. The molecule has 5 rings (SSSR count). The molecule has 1 aromatic carbocycles. The second-order valence-electron chi connectivity index (χ2n) is 7.93. The lowest BCUT2D eigenvalue weighted by Crippen LogP contribution is -2.37. The number of piperidine rings is 1. The maximum absolute atomic E-state index is 12.7. The van der Waals surface area contributed by atoms with E-state index in [1.165, 1.54) is 0 Å². The van der Waals surface area contributed by atoms with Gasteiger partial charge in [-0.05, 0) is 51.1 Å². The molecule has 0 saturated carbocycles. The highest BCUT2D eigenvalue weighted by atomic mass is 32.1. The third-order valence-corrected chi connectivity index (χ3v) is 6.52. The number of nitrogens with one attached hydrogen (secondary N) is 1. The van der Waals surface area contributed by atoms with E-state index in [0.717, 1.165) is 60.1 Å². The lowest BCUT2D eigenvalue weighted by atomic mass is 9.95. The van der Waals surface area contributed by atoms with Crippen LogP contribution in [-0.4, -0.2) is 43.2 Å². The highest BCUT2D eigenvalue weighted by Crippen LogP contribution is 2.24. The molecule has 1 N–H and O–H groups in total. The molecule has 1 fully saturated rings. The average molecular weight is 433 g/mol. The average Bonchev–Trinajstić information content (AvgIpc) is 3.40. The number of imidazole rings is 1. The van der Waals surface area contributed by atoms with Crippen molar-refractivity contribution in [1.82, 2.24) is 24.3 Å². The molecule has 3 aromatic heterocycles. The molecule has 0 aliphatic carbocycles. The van der Waals surface area contributed by atoms with Crippen molar-refractivity contribution in [2.45, 2.75) is 26.3 Å². The van der Waals surface area contributed by atoms with Crippen molar-refractivity contribution in [3.05, 3.63) is 65.0 Å². The van der Waals surface area contributed by atoms with Crippen LogP contribution < -0.4 is 5.32 Å². The van der Waals surface area contributed by atoms with Crippen LogP contribution in [-0.2, 0) is 11.3 Å². The fraction of sp³-hybridized carbons (Fsp3) is 0.304. The van der Waals surface area contributed by atoms with E-state index in [4.69, 9.17) is 0 Å². The standard InChI is InChI=1S/C23H24N6OS/c1-16-25-20(15-31-16)13-28-11-7-18(8-12-28)22(30)26-19-5-3-17(4-6-19)21-14-29-10-2-9-24-23(29)27-21/h2-6,9-10,14-15,18H,7-8,11-13H2,1H3,(H,26,30). The molecule has 0 spiro atoms. The fourth-order valence-corrected chi connectivity index (χ4v) is 4.60. The minimum absolute atomic E-state index is 0.0533. The molecule has 0 atom stereocenters. The van der Waals surface area contributed by atoms with Gasteiger partial charge in [-0.1, -0.05) is 12.1 Å². The predicted octanol–water partition coefficient (Wildman–Crippen LogP) is 4.01. The first-order valence-corrected chi connectivity index (χ1v) is 11.4. The van der Waals surface area contributed by atoms with Gasteiger partial charge in [-0.3, -0.25) is 14.1 Å². The third kappa shape index (κ3) is 4.50. The van der Waals surface area contributed by atoms with E-state index in [0.29, 0.717) is 5.78 Å². The summed E-state index contributed by atoms with van der Waals surface area (Å²) in [6.45, 7) is 4.76. The Hall–Kier alpha value is -3.10. The Bertz CT molecular complexity index is 1160. The van der Waals surface area contributed by atoms with Crippen molar-refractivity contribution in [1.29, 1.82) is 0 Å². The molecular formula is C23H24N6OS. The maximum atomic E-state index is 12.7. The van der Waals surface area contributed by atoms with Crippen LogP contribution in [0.5, 0.6) is 0 Å². The molecule has 1 aliphatic rings. The smallest absolute Gasteiger partial charge is 0.234 e. The van der Waals surface area contributed by atoms with Crippen LogP contribution in [0.15, 0.2) is 54.3 Å². The predicted molar refractivity (Wildman–Crippen MR) is 122 cm³/mol. The first-order valence-electron chi connectivity index (χ1n) is 10.5. The Morgan fingerprint density at radius 2 is 2.00 bits per heavy atom. The largest absolute Gasteiger partial charge is 0.326 e. The zero-order valence-corrected chi connectivity index (χ0v) is 18.2. The number of fused-ring (bicyclic) bond motifs is 1. The molecule has 158 valence electrons. The number of benzene rings is 1.